The summed E-state index contributed by atoms with van der Waals surface area (Å²) in [5.74, 6) is 0.500. The third-order valence-electron chi connectivity index (χ3n) is 5.25. The van der Waals surface area contributed by atoms with Crippen LogP contribution < -0.4 is 9.47 Å². The number of esters is 1. The average Bonchev–Trinajstić information content (AvgIpc) is 2.60. The molecule has 0 bridgehead atoms. The quantitative estimate of drug-likeness (QED) is 0.480. The third-order valence-corrected chi connectivity index (χ3v) is 5.25. The van der Waals surface area contributed by atoms with Gasteiger partial charge in [0.25, 0.3) is 0 Å². The highest BCUT2D eigenvalue weighted by molar-refractivity contribution is 6.02. The van der Waals surface area contributed by atoms with Crippen LogP contribution in [0.5, 0.6) is 11.5 Å². The molecule has 0 saturated carbocycles. The summed E-state index contributed by atoms with van der Waals surface area (Å²) >= 11 is 0. The summed E-state index contributed by atoms with van der Waals surface area (Å²) in [4.78, 5) is 12.9. The van der Waals surface area contributed by atoms with E-state index in [9.17, 15) is 4.79 Å². The van der Waals surface area contributed by atoms with E-state index in [0.29, 0.717) is 22.8 Å². The van der Waals surface area contributed by atoms with Crippen molar-refractivity contribution in [3.05, 3.63) is 53.1 Å². The summed E-state index contributed by atoms with van der Waals surface area (Å²) in [7, 11) is 0. The van der Waals surface area contributed by atoms with Gasteiger partial charge in [-0.05, 0) is 31.4 Å². The summed E-state index contributed by atoms with van der Waals surface area (Å²) in [6.45, 7) is 11.8. The van der Waals surface area contributed by atoms with Gasteiger partial charge in [0.2, 0.25) is 5.79 Å². The fourth-order valence-electron chi connectivity index (χ4n) is 3.95. The number of unbranched alkanes of at least 4 members (excludes halogenated alkanes) is 2. The lowest BCUT2D eigenvalue weighted by atomic mass is 9.88. The number of benzene rings is 2. The maximum atomic E-state index is 12.9. The second-order valence-corrected chi connectivity index (χ2v) is 8.04. The molecule has 2 aliphatic heterocycles. The Hall–Kier alpha value is -2.75. The minimum absolute atomic E-state index is 0.334. The Morgan fingerprint density at radius 1 is 1.04 bits per heavy atom. The highest BCUT2D eigenvalue weighted by Crippen LogP contribution is 2.52. The monoisotopic (exact) mass is 378 g/mol. The van der Waals surface area contributed by atoms with Gasteiger partial charge in [-0.2, -0.15) is 0 Å². The normalized spacial score (nSPS) is 16.3. The molecule has 0 aromatic heterocycles. The molecule has 0 amide bonds. The van der Waals surface area contributed by atoms with Crippen molar-refractivity contribution in [1.82, 2.24) is 0 Å². The molecule has 0 fully saturated rings. The van der Waals surface area contributed by atoms with Crippen LogP contribution in [-0.4, -0.2) is 11.8 Å². The zero-order valence-electron chi connectivity index (χ0n) is 17.0. The molecule has 4 rings (SSSR count). The lowest BCUT2D eigenvalue weighted by molar-refractivity contribution is -0.127. The van der Waals surface area contributed by atoms with Gasteiger partial charge >= 0.3 is 5.97 Å². The molecular formula is C24H26O4. The molecule has 2 aromatic carbocycles. The molecule has 4 heteroatoms. The Kier molecular flexibility index (Phi) is 4.45. The fourth-order valence-corrected chi connectivity index (χ4v) is 3.95. The van der Waals surface area contributed by atoms with Crippen molar-refractivity contribution in [2.45, 2.75) is 59.2 Å². The van der Waals surface area contributed by atoms with Crippen LogP contribution in [0.25, 0.3) is 16.9 Å². The van der Waals surface area contributed by atoms with Gasteiger partial charge in [0.05, 0.1) is 5.56 Å². The summed E-state index contributed by atoms with van der Waals surface area (Å²) < 4.78 is 17.9. The zero-order valence-corrected chi connectivity index (χ0v) is 17.0. The van der Waals surface area contributed by atoms with Crippen LogP contribution in [-0.2, 0) is 11.2 Å². The van der Waals surface area contributed by atoms with Gasteiger partial charge in [0, 0.05) is 25.0 Å². The first-order chi connectivity index (χ1) is 13.3. The zero-order chi connectivity index (χ0) is 20.1. The van der Waals surface area contributed by atoms with E-state index in [2.05, 4.69) is 19.6 Å². The molecule has 2 aromatic rings. The van der Waals surface area contributed by atoms with Crippen molar-refractivity contribution in [1.29, 1.82) is 0 Å². The van der Waals surface area contributed by atoms with E-state index >= 15 is 0 Å². The minimum Gasteiger partial charge on any atom is -0.457 e. The molecule has 2 aliphatic rings. The van der Waals surface area contributed by atoms with Crippen LogP contribution in [0.3, 0.4) is 0 Å². The standard InChI is InChI=1S/C24H26O4/c1-6-7-8-9-16-13-19-21(22-20(16)23(25)28-24(4,5)27-22)18-12-14(2)10-11-17(18)15(3)26-19/h10-13H,3,6-9H2,1-2,4-5H3. The number of aryl methyl sites for hydroxylation is 2. The van der Waals surface area contributed by atoms with Crippen molar-refractivity contribution in [2.24, 2.45) is 0 Å². The van der Waals surface area contributed by atoms with Crippen LogP contribution in [0.15, 0.2) is 30.8 Å². The number of hydrogen-bond donors (Lipinski definition) is 0. The van der Waals surface area contributed by atoms with E-state index < -0.39 is 5.79 Å². The third kappa shape index (κ3) is 3.07. The molecule has 0 atom stereocenters. The molecule has 0 spiro atoms. The van der Waals surface area contributed by atoms with E-state index in [1.54, 1.807) is 13.8 Å². The Morgan fingerprint density at radius 2 is 1.82 bits per heavy atom. The van der Waals surface area contributed by atoms with Crippen molar-refractivity contribution >= 4 is 11.7 Å². The second-order valence-electron chi connectivity index (χ2n) is 8.04. The first kappa shape index (κ1) is 18.6. The van der Waals surface area contributed by atoms with Crippen LogP contribution in [0.1, 0.15) is 67.1 Å². The van der Waals surface area contributed by atoms with Gasteiger partial charge in [-0.1, -0.05) is 50.1 Å². The molecular weight excluding hydrogens is 352 g/mol. The van der Waals surface area contributed by atoms with E-state index in [4.69, 9.17) is 14.2 Å². The maximum absolute atomic E-state index is 12.9. The van der Waals surface area contributed by atoms with Crippen molar-refractivity contribution in [3.63, 3.8) is 0 Å². The predicted octanol–water partition coefficient (Wildman–Crippen LogP) is 6.04. The van der Waals surface area contributed by atoms with Gasteiger partial charge < -0.3 is 14.2 Å². The molecule has 0 unspecified atom stereocenters. The molecule has 0 N–H and O–H groups in total. The van der Waals surface area contributed by atoms with Gasteiger partial charge in [-0.15, -0.1) is 0 Å². The van der Waals surface area contributed by atoms with Crippen molar-refractivity contribution < 1.29 is 19.0 Å². The molecule has 0 saturated heterocycles. The average molecular weight is 378 g/mol. The van der Waals surface area contributed by atoms with Gasteiger partial charge in [0.1, 0.15) is 17.1 Å². The minimum atomic E-state index is -1.03. The topological polar surface area (TPSA) is 44.8 Å². The molecule has 28 heavy (non-hydrogen) atoms. The Balaban J connectivity index is 1.97. The summed E-state index contributed by atoms with van der Waals surface area (Å²) in [5.41, 5.74) is 5.26. The number of carbonyl (C=O) groups is 1. The van der Waals surface area contributed by atoms with Crippen molar-refractivity contribution in [2.75, 3.05) is 0 Å². The Bertz CT molecular complexity index is 985. The molecule has 0 radical (unpaired) electrons. The molecule has 146 valence electrons. The van der Waals surface area contributed by atoms with Crippen molar-refractivity contribution in [3.8, 4) is 22.6 Å². The van der Waals surface area contributed by atoms with E-state index in [0.717, 1.165) is 53.5 Å². The predicted molar refractivity (Wildman–Crippen MR) is 110 cm³/mol. The fraction of sp³-hybridized carbons (Fsp3) is 0.375. The largest absolute Gasteiger partial charge is 0.457 e. The SMILES string of the molecule is C=C1Oc2cc(CCCCC)c3c(c2-c2cc(C)ccc21)OC(C)(C)OC3=O. The number of ether oxygens (including phenoxy) is 3. The lowest BCUT2D eigenvalue weighted by Crippen LogP contribution is -2.39. The first-order valence-corrected chi connectivity index (χ1v) is 9.91. The van der Waals surface area contributed by atoms with Crippen LogP contribution in [0, 0.1) is 6.92 Å². The highest BCUT2D eigenvalue weighted by Gasteiger charge is 2.40. The summed E-state index contributed by atoms with van der Waals surface area (Å²) in [6, 6.07) is 8.09. The van der Waals surface area contributed by atoms with Gasteiger partial charge in [-0.3, -0.25) is 0 Å². The van der Waals surface area contributed by atoms with Crippen LogP contribution in [0.4, 0.5) is 0 Å². The maximum Gasteiger partial charge on any atom is 0.345 e. The van der Waals surface area contributed by atoms with Crippen LogP contribution in [0.2, 0.25) is 0 Å². The smallest absolute Gasteiger partial charge is 0.345 e. The first-order valence-electron chi connectivity index (χ1n) is 9.91. The lowest BCUT2D eigenvalue weighted by Gasteiger charge is -2.36. The molecule has 4 nitrogen and oxygen atoms in total. The Labute approximate surface area is 166 Å². The van der Waals surface area contributed by atoms with Gasteiger partial charge in [-0.25, -0.2) is 4.79 Å². The number of cyclic esters (lactones) is 1. The van der Waals surface area contributed by atoms with Crippen LogP contribution >= 0.6 is 0 Å². The second kappa shape index (κ2) is 6.69. The Morgan fingerprint density at radius 3 is 2.57 bits per heavy atom. The summed E-state index contributed by atoms with van der Waals surface area (Å²) in [5, 5.41) is 0. The number of fused-ring (bicyclic) bond motifs is 5. The summed E-state index contributed by atoms with van der Waals surface area (Å²) in [6.07, 6.45) is 3.98. The molecule has 0 aliphatic carbocycles. The number of rotatable bonds is 4. The van der Waals surface area contributed by atoms with E-state index in [1.165, 1.54) is 0 Å². The van der Waals surface area contributed by atoms with Gasteiger partial charge in [0.15, 0.2) is 5.75 Å². The van der Waals surface area contributed by atoms with E-state index in [1.807, 2.05) is 25.1 Å². The number of carbonyl (C=O) groups excluding carboxylic acids is 1. The molecule has 2 heterocycles. The number of hydrogen-bond acceptors (Lipinski definition) is 4. The highest BCUT2D eigenvalue weighted by atomic mass is 16.7. The van der Waals surface area contributed by atoms with E-state index in [-0.39, 0.29) is 5.97 Å².